The Morgan fingerprint density at radius 1 is 1.31 bits per heavy atom. The molecule has 1 aliphatic heterocycles. The molecule has 1 aliphatic rings. The normalized spacial score (nSPS) is 16.0. The van der Waals surface area contributed by atoms with Gasteiger partial charge in [0.2, 0.25) is 5.91 Å². The van der Waals surface area contributed by atoms with Crippen LogP contribution < -0.4 is 5.32 Å². The van der Waals surface area contributed by atoms with E-state index in [-0.39, 0.29) is 11.8 Å². The molecule has 0 bridgehead atoms. The van der Waals surface area contributed by atoms with Gasteiger partial charge in [0.05, 0.1) is 10.6 Å². The van der Waals surface area contributed by atoms with Gasteiger partial charge in [-0.1, -0.05) is 60.4 Å². The molecule has 8 heteroatoms. The first-order valence-corrected chi connectivity index (χ1v) is 11.2. The van der Waals surface area contributed by atoms with Gasteiger partial charge in [-0.3, -0.25) is 14.5 Å². The highest BCUT2D eigenvalue weighted by Crippen LogP contribution is 2.32. The van der Waals surface area contributed by atoms with Crippen LogP contribution in [-0.4, -0.2) is 32.6 Å². The Kier molecular flexibility index (Phi) is 7.35. The van der Waals surface area contributed by atoms with Gasteiger partial charge in [-0.2, -0.15) is 0 Å². The van der Waals surface area contributed by atoms with Gasteiger partial charge in [-0.15, -0.1) is 11.3 Å². The quantitative estimate of drug-likeness (QED) is 0.481. The number of thioether (sulfide) groups is 1. The van der Waals surface area contributed by atoms with E-state index in [4.69, 9.17) is 12.2 Å². The summed E-state index contributed by atoms with van der Waals surface area (Å²) in [7, 11) is 0. The zero-order valence-corrected chi connectivity index (χ0v) is 18.6. The molecule has 1 aromatic carbocycles. The fourth-order valence-electron chi connectivity index (χ4n) is 2.74. The number of amides is 2. The number of carbonyl (C=O) groups is 2. The predicted octanol–water partition coefficient (Wildman–Crippen LogP) is 5.02. The largest absolute Gasteiger partial charge is 0.302 e. The maximum absolute atomic E-state index is 12.7. The number of rotatable bonds is 7. The van der Waals surface area contributed by atoms with Crippen LogP contribution in [0.2, 0.25) is 0 Å². The monoisotopic (exact) mass is 443 g/mol. The lowest BCUT2D eigenvalue weighted by Crippen LogP contribution is -2.29. The van der Waals surface area contributed by atoms with Crippen molar-refractivity contribution in [2.75, 3.05) is 11.9 Å². The molecule has 150 valence electrons. The van der Waals surface area contributed by atoms with Crippen molar-refractivity contribution in [1.29, 1.82) is 0 Å². The third-order valence-electron chi connectivity index (χ3n) is 4.08. The lowest BCUT2D eigenvalue weighted by Gasteiger charge is -2.13. The smallest absolute Gasteiger partial charge is 0.266 e. The number of hydrogen-bond acceptors (Lipinski definition) is 6. The summed E-state index contributed by atoms with van der Waals surface area (Å²) in [6.45, 7) is 4.27. The number of thiocarbonyl (C=S) groups is 1. The molecule has 0 atom stereocenters. The molecule has 5 nitrogen and oxygen atoms in total. The molecule has 0 aliphatic carbocycles. The van der Waals surface area contributed by atoms with Crippen molar-refractivity contribution < 1.29 is 9.59 Å². The molecule has 0 saturated carbocycles. The van der Waals surface area contributed by atoms with Gasteiger partial charge in [0.1, 0.15) is 4.32 Å². The fourth-order valence-corrected chi connectivity index (χ4v) is 4.81. The number of thiazole rings is 1. The van der Waals surface area contributed by atoms with E-state index in [1.165, 1.54) is 23.1 Å². The third kappa shape index (κ3) is 6.09. The minimum absolute atomic E-state index is 0.100. The van der Waals surface area contributed by atoms with E-state index < -0.39 is 0 Å². The molecule has 0 radical (unpaired) electrons. The molecule has 0 unspecified atom stereocenters. The number of carbonyl (C=O) groups excluding carboxylic acids is 2. The van der Waals surface area contributed by atoms with Crippen molar-refractivity contribution >= 4 is 62.7 Å². The Balaban J connectivity index is 1.53. The second-order valence-electron chi connectivity index (χ2n) is 6.58. The third-order valence-corrected chi connectivity index (χ3v) is 6.33. The zero-order chi connectivity index (χ0) is 20.8. The van der Waals surface area contributed by atoms with Crippen molar-refractivity contribution in [3.63, 3.8) is 0 Å². The molecule has 1 saturated heterocycles. The average molecular weight is 444 g/mol. The van der Waals surface area contributed by atoms with E-state index in [1.54, 1.807) is 4.90 Å². The maximum Gasteiger partial charge on any atom is 0.266 e. The van der Waals surface area contributed by atoms with Crippen LogP contribution in [0.1, 0.15) is 31.0 Å². The van der Waals surface area contributed by atoms with Gasteiger partial charge < -0.3 is 5.32 Å². The number of nitrogens with one attached hydrogen (secondary N) is 1. The van der Waals surface area contributed by atoms with Gasteiger partial charge >= 0.3 is 0 Å². The SMILES string of the molecule is CC(=Cc1ccccc1)C=C1SC(=S)N(CCCC(=O)Nc2nc(C)cs2)C1=O. The first-order valence-electron chi connectivity index (χ1n) is 9.13. The van der Waals surface area contributed by atoms with E-state index in [2.05, 4.69) is 10.3 Å². The summed E-state index contributed by atoms with van der Waals surface area (Å²) >= 11 is 8.07. The van der Waals surface area contributed by atoms with Gasteiger partial charge in [0.15, 0.2) is 5.13 Å². The fraction of sp³-hybridized carbons (Fsp3) is 0.238. The summed E-state index contributed by atoms with van der Waals surface area (Å²) in [4.78, 5) is 31.1. The van der Waals surface area contributed by atoms with Crippen LogP contribution in [-0.2, 0) is 9.59 Å². The van der Waals surface area contributed by atoms with Crippen LogP contribution >= 0.6 is 35.3 Å². The van der Waals surface area contributed by atoms with Crippen LogP contribution in [0.3, 0.4) is 0 Å². The van der Waals surface area contributed by atoms with E-state index in [0.717, 1.165) is 16.8 Å². The summed E-state index contributed by atoms with van der Waals surface area (Å²) < 4.78 is 0.532. The molecule has 1 N–H and O–H groups in total. The number of aromatic nitrogens is 1. The topological polar surface area (TPSA) is 62.3 Å². The van der Waals surface area contributed by atoms with E-state index in [0.29, 0.717) is 33.7 Å². The van der Waals surface area contributed by atoms with Gasteiger partial charge in [-0.05, 0) is 37.5 Å². The lowest BCUT2D eigenvalue weighted by molar-refractivity contribution is -0.122. The molecule has 1 aromatic heterocycles. The molecule has 2 heterocycles. The predicted molar refractivity (Wildman–Crippen MR) is 125 cm³/mol. The Morgan fingerprint density at radius 2 is 2.07 bits per heavy atom. The lowest BCUT2D eigenvalue weighted by atomic mass is 10.1. The number of hydrogen-bond donors (Lipinski definition) is 1. The maximum atomic E-state index is 12.7. The van der Waals surface area contributed by atoms with Crippen LogP contribution in [0.5, 0.6) is 0 Å². The Bertz CT molecular complexity index is 980. The highest BCUT2D eigenvalue weighted by molar-refractivity contribution is 8.26. The molecule has 0 spiro atoms. The highest BCUT2D eigenvalue weighted by Gasteiger charge is 2.31. The minimum Gasteiger partial charge on any atom is -0.302 e. The minimum atomic E-state index is -0.109. The van der Waals surface area contributed by atoms with Crippen molar-refractivity contribution in [3.05, 3.63) is 63.5 Å². The van der Waals surface area contributed by atoms with Crippen LogP contribution in [0, 0.1) is 6.92 Å². The summed E-state index contributed by atoms with van der Waals surface area (Å²) in [6.07, 6.45) is 4.73. The van der Waals surface area contributed by atoms with E-state index in [9.17, 15) is 9.59 Å². The summed E-state index contributed by atoms with van der Waals surface area (Å²) in [6, 6.07) is 9.95. The van der Waals surface area contributed by atoms with Crippen molar-refractivity contribution in [3.8, 4) is 0 Å². The van der Waals surface area contributed by atoms with Crippen molar-refractivity contribution in [2.24, 2.45) is 0 Å². The molecule has 1 fully saturated rings. The molecule has 29 heavy (non-hydrogen) atoms. The Labute approximate surface area is 183 Å². The molecule has 2 amide bonds. The second-order valence-corrected chi connectivity index (χ2v) is 9.11. The van der Waals surface area contributed by atoms with Crippen LogP contribution in [0.25, 0.3) is 6.08 Å². The summed E-state index contributed by atoms with van der Waals surface area (Å²) in [5.74, 6) is -0.210. The number of nitrogens with zero attached hydrogens (tertiary/aromatic N) is 2. The average Bonchev–Trinajstić information content (AvgIpc) is 3.19. The molecular formula is C21H21N3O2S3. The standard InChI is InChI=1S/C21H21N3O2S3/c1-14(11-16-7-4-3-5-8-16)12-17-19(26)24(21(27)29-17)10-6-9-18(25)23-20-22-15(2)13-28-20/h3-5,7-8,11-13H,6,9-10H2,1-2H3,(H,22,23,25). The number of allylic oxidation sites excluding steroid dienone is 2. The summed E-state index contributed by atoms with van der Waals surface area (Å²) in [5, 5.41) is 5.26. The van der Waals surface area contributed by atoms with E-state index >= 15 is 0 Å². The Hall–Kier alpha value is -2.29. The van der Waals surface area contributed by atoms with Crippen LogP contribution in [0.15, 0.2) is 52.3 Å². The van der Waals surface area contributed by atoms with Gasteiger partial charge in [-0.25, -0.2) is 4.98 Å². The summed E-state index contributed by atoms with van der Waals surface area (Å²) in [5.41, 5.74) is 2.94. The van der Waals surface area contributed by atoms with Crippen molar-refractivity contribution in [2.45, 2.75) is 26.7 Å². The number of aryl methyl sites for hydroxylation is 1. The zero-order valence-electron chi connectivity index (χ0n) is 16.2. The number of benzene rings is 1. The first kappa shape index (κ1) is 21.4. The molecule has 3 rings (SSSR count). The van der Waals surface area contributed by atoms with Gasteiger partial charge in [0.25, 0.3) is 5.91 Å². The molecule has 2 aromatic rings. The number of anilines is 1. The van der Waals surface area contributed by atoms with Gasteiger partial charge in [0, 0.05) is 18.3 Å². The van der Waals surface area contributed by atoms with E-state index in [1.807, 2.05) is 61.7 Å². The second kappa shape index (κ2) is 9.96. The molecular weight excluding hydrogens is 422 g/mol. The van der Waals surface area contributed by atoms with Crippen LogP contribution in [0.4, 0.5) is 5.13 Å². The first-order chi connectivity index (χ1) is 13.9. The van der Waals surface area contributed by atoms with Crippen molar-refractivity contribution in [1.82, 2.24) is 9.88 Å². The Morgan fingerprint density at radius 3 is 2.76 bits per heavy atom. The highest BCUT2D eigenvalue weighted by atomic mass is 32.2.